The molecule has 0 aliphatic carbocycles. The minimum Gasteiger partial charge on any atom is -0.358 e. The molecule has 0 fully saturated rings. The van der Waals surface area contributed by atoms with E-state index < -0.39 is 23.5 Å². The van der Waals surface area contributed by atoms with Crippen LogP contribution in [0.2, 0.25) is 0 Å². The van der Waals surface area contributed by atoms with E-state index in [1.54, 1.807) is 6.92 Å². The molecule has 1 aromatic heterocycles. The van der Waals surface area contributed by atoms with Crippen molar-refractivity contribution < 1.29 is 26.3 Å². The summed E-state index contributed by atoms with van der Waals surface area (Å²) in [4.78, 5) is 2.57. The highest BCUT2D eigenvalue weighted by atomic mass is 19.4. The number of aromatic amines is 1. The van der Waals surface area contributed by atoms with Gasteiger partial charge in [-0.2, -0.15) is 26.3 Å². The van der Waals surface area contributed by atoms with Crippen LogP contribution in [0.1, 0.15) is 23.7 Å². The standard InChI is InChI=1S/C12H9F6N/c1-2-7-5-8-9(12(16,17)18)3-6(11(13,14)15)4-10(8)19-7/h3-5,19H,2H2,1H3. The summed E-state index contributed by atoms with van der Waals surface area (Å²) < 4.78 is 76.2. The fraction of sp³-hybridized carbons (Fsp3) is 0.333. The van der Waals surface area contributed by atoms with Gasteiger partial charge in [-0.1, -0.05) is 6.92 Å². The van der Waals surface area contributed by atoms with Crippen LogP contribution < -0.4 is 0 Å². The number of hydrogen-bond donors (Lipinski definition) is 1. The average molecular weight is 281 g/mol. The normalized spacial score (nSPS) is 13.2. The molecular formula is C12H9F6N. The highest BCUT2D eigenvalue weighted by molar-refractivity contribution is 5.85. The number of H-pyrrole nitrogens is 1. The summed E-state index contributed by atoms with van der Waals surface area (Å²) in [7, 11) is 0. The van der Waals surface area contributed by atoms with Crippen LogP contribution in [0, 0.1) is 0 Å². The first-order chi connectivity index (χ1) is 8.63. The van der Waals surface area contributed by atoms with E-state index in [4.69, 9.17) is 0 Å². The second kappa shape index (κ2) is 4.18. The first-order valence-electron chi connectivity index (χ1n) is 5.43. The van der Waals surface area contributed by atoms with Crippen LogP contribution in [0.25, 0.3) is 10.9 Å². The third-order valence-corrected chi connectivity index (χ3v) is 2.81. The van der Waals surface area contributed by atoms with Gasteiger partial charge in [-0.15, -0.1) is 0 Å². The number of halogens is 6. The molecule has 1 aromatic carbocycles. The van der Waals surface area contributed by atoms with Crippen LogP contribution in [0.5, 0.6) is 0 Å². The third-order valence-electron chi connectivity index (χ3n) is 2.81. The van der Waals surface area contributed by atoms with Crippen molar-refractivity contribution in [2.45, 2.75) is 25.7 Å². The second-order valence-corrected chi connectivity index (χ2v) is 4.13. The fourth-order valence-corrected chi connectivity index (χ4v) is 1.88. The van der Waals surface area contributed by atoms with E-state index in [0.29, 0.717) is 18.2 Å². The fourth-order valence-electron chi connectivity index (χ4n) is 1.88. The zero-order valence-corrected chi connectivity index (χ0v) is 9.71. The Labute approximate surface area is 104 Å². The van der Waals surface area contributed by atoms with Gasteiger partial charge >= 0.3 is 12.4 Å². The number of aryl methyl sites for hydroxylation is 1. The van der Waals surface area contributed by atoms with Crippen molar-refractivity contribution in [3.63, 3.8) is 0 Å². The molecule has 0 aliphatic rings. The van der Waals surface area contributed by atoms with E-state index in [2.05, 4.69) is 4.98 Å². The Bertz CT molecular complexity index is 605. The second-order valence-electron chi connectivity index (χ2n) is 4.13. The SMILES string of the molecule is CCc1cc2c(C(F)(F)F)cc(C(F)(F)F)cc2[nH]1. The van der Waals surface area contributed by atoms with Gasteiger partial charge in [-0.25, -0.2) is 0 Å². The van der Waals surface area contributed by atoms with E-state index in [1.165, 1.54) is 6.07 Å². The molecule has 1 heterocycles. The molecule has 1 nitrogen and oxygen atoms in total. The van der Waals surface area contributed by atoms with E-state index >= 15 is 0 Å². The van der Waals surface area contributed by atoms with Gasteiger partial charge in [0.1, 0.15) is 0 Å². The first kappa shape index (κ1) is 13.8. The Morgan fingerprint density at radius 2 is 1.58 bits per heavy atom. The summed E-state index contributed by atoms with van der Waals surface area (Å²) >= 11 is 0. The molecule has 0 spiro atoms. The average Bonchev–Trinajstić information content (AvgIpc) is 2.67. The molecular weight excluding hydrogens is 272 g/mol. The van der Waals surface area contributed by atoms with Gasteiger partial charge in [0.05, 0.1) is 11.1 Å². The molecule has 0 saturated heterocycles. The first-order valence-corrected chi connectivity index (χ1v) is 5.43. The van der Waals surface area contributed by atoms with E-state index in [0.717, 1.165) is 0 Å². The largest absolute Gasteiger partial charge is 0.417 e. The monoisotopic (exact) mass is 281 g/mol. The maximum absolute atomic E-state index is 12.8. The molecule has 104 valence electrons. The Hall–Kier alpha value is -1.66. The molecule has 2 aromatic rings. The lowest BCUT2D eigenvalue weighted by molar-refractivity contribution is -0.142. The van der Waals surface area contributed by atoms with Crippen molar-refractivity contribution >= 4 is 10.9 Å². The van der Waals surface area contributed by atoms with Crippen LogP contribution in [0.3, 0.4) is 0 Å². The van der Waals surface area contributed by atoms with Gasteiger partial charge in [0.2, 0.25) is 0 Å². The highest BCUT2D eigenvalue weighted by Gasteiger charge is 2.38. The Kier molecular flexibility index (Phi) is 3.03. The zero-order valence-electron chi connectivity index (χ0n) is 9.71. The van der Waals surface area contributed by atoms with Crippen molar-refractivity contribution in [3.05, 3.63) is 35.0 Å². The summed E-state index contributed by atoms with van der Waals surface area (Å²) in [5, 5.41) is -0.239. The van der Waals surface area contributed by atoms with Gasteiger partial charge in [0, 0.05) is 16.6 Å². The predicted octanol–water partition coefficient (Wildman–Crippen LogP) is 4.77. The van der Waals surface area contributed by atoms with Crippen molar-refractivity contribution in [2.24, 2.45) is 0 Å². The van der Waals surface area contributed by atoms with Crippen molar-refractivity contribution in [2.75, 3.05) is 0 Å². The summed E-state index contributed by atoms with van der Waals surface area (Å²) in [5.41, 5.74) is -2.27. The Morgan fingerprint density at radius 3 is 2.05 bits per heavy atom. The van der Waals surface area contributed by atoms with Gasteiger partial charge < -0.3 is 4.98 Å². The number of nitrogens with one attached hydrogen (secondary N) is 1. The number of rotatable bonds is 1. The lowest BCUT2D eigenvalue weighted by atomic mass is 10.0. The highest BCUT2D eigenvalue weighted by Crippen LogP contribution is 2.40. The van der Waals surface area contributed by atoms with Crippen LogP contribution in [-0.4, -0.2) is 4.98 Å². The Morgan fingerprint density at radius 1 is 0.947 bits per heavy atom. The van der Waals surface area contributed by atoms with E-state index in [-0.39, 0.29) is 17.0 Å². The van der Waals surface area contributed by atoms with Crippen molar-refractivity contribution in [3.8, 4) is 0 Å². The lowest BCUT2D eigenvalue weighted by Crippen LogP contribution is -2.10. The Balaban J connectivity index is 2.78. The summed E-state index contributed by atoms with van der Waals surface area (Å²) in [6.45, 7) is 1.70. The molecule has 0 radical (unpaired) electrons. The van der Waals surface area contributed by atoms with Crippen LogP contribution >= 0.6 is 0 Å². The maximum Gasteiger partial charge on any atom is 0.417 e. The summed E-state index contributed by atoms with van der Waals surface area (Å²) in [5.74, 6) is 0. The molecule has 0 unspecified atom stereocenters. The van der Waals surface area contributed by atoms with Crippen LogP contribution in [0.4, 0.5) is 26.3 Å². The minimum absolute atomic E-state index is 0.148. The number of benzene rings is 1. The number of fused-ring (bicyclic) bond motifs is 1. The summed E-state index contributed by atoms with van der Waals surface area (Å²) in [6, 6.07) is 2.08. The summed E-state index contributed by atoms with van der Waals surface area (Å²) in [6.07, 6.45) is -9.23. The number of hydrogen-bond acceptors (Lipinski definition) is 0. The molecule has 0 saturated carbocycles. The molecule has 0 aliphatic heterocycles. The predicted molar refractivity (Wildman–Crippen MR) is 57.7 cm³/mol. The van der Waals surface area contributed by atoms with Crippen molar-refractivity contribution in [1.82, 2.24) is 4.98 Å². The minimum atomic E-state index is -4.83. The molecule has 0 amide bonds. The molecule has 1 N–H and O–H groups in total. The molecule has 7 heteroatoms. The van der Waals surface area contributed by atoms with Gasteiger partial charge in [-0.3, -0.25) is 0 Å². The van der Waals surface area contributed by atoms with Crippen molar-refractivity contribution in [1.29, 1.82) is 0 Å². The third kappa shape index (κ3) is 2.54. The number of aromatic nitrogens is 1. The molecule has 2 rings (SSSR count). The van der Waals surface area contributed by atoms with Gasteiger partial charge in [-0.05, 0) is 24.6 Å². The smallest absolute Gasteiger partial charge is 0.358 e. The number of alkyl halides is 6. The molecule has 19 heavy (non-hydrogen) atoms. The van der Waals surface area contributed by atoms with Gasteiger partial charge in [0.15, 0.2) is 0 Å². The topological polar surface area (TPSA) is 15.8 Å². The van der Waals surface area contributed by atoms with Crippen LogP contribution in [-0.2, 0) is 18.8 Å². The van der Waals surface area contributed by atoms with Crippen LogP contribution in [0.15, 0.2) is 18.2 Å². The molecule has 0 atom stereocenters. The lowest BCUT2D eigenvalue weighted by Gasteiger charge is -2.12. The van der Waals surface area contributed by atoms with Gasteiger partial charge in [0.25, 0.3) is 0 Å². The quantitative estimate of drug-likeness (QED) is 0.725. The van der Waals surface area contributed by atoms with E-state index in [1.807, 2.05) is 0 Å². The van der Waals surface area contributed by atoms with E-state index in [9.17, 15) is 26.3 Å². The molecule has 0 bridgehead atoms. The maximum atomic E-state index is 12.8. The zero-order chi connectivity index (χ0) is 14.4.